The van der Waals surface area contributed by atoms with Crippen molar-refractivity contribution in [2.75, 3.05) is 11.1 Å². The Labute approximate surface area is 174 Å². The summed E-state index contributed by atoms with van der Waals surface area (Å²) in [6, 6.07) is 7.86. The van der Waals surface area contributed by atoms with Gasteiger partial charge < -0.3 is 5.32 Å². The number of hydrogen-bond donors (Lipinski definition) is 1. The fourth-order valence-corrected chi connectivity index (χ4v) is 5.73. The lowest BCUT2D eigenvalue weighted by molar-refractivity contribution is -0.113. The molecule has 146 valence electrons. The monoisotopic (exact) mass is 411 g/mol. The van der Waals surface area contributed by atoms with Crippen molar-refractivity contribution in [1.29, 1.82) is 0 Å². The minimum Gasteiger partial charge on any atom is -0.325 e. The topological polar surface area (TPSA) is 54.9 Å². The second-order valence-corrected chi connectivity index (χ2v) is 9.63. The first-order valence-corrected chi connectivity index (χ1v) is 11.6. The number of para-hydroxylation sites is 1. The van der Waals surface area contributed by atoms with E-state index in [-0.39, 0.29) is 11.8 Å². The molecule has 0 atom stereocenters. The summed E-state index contributed by atoms with van der Waals surface area (Å²) < 4.78 is 0. The van der Waals surface area contributed by atoms with Crippen molar-refractivity contribution in [3.8, 4) is 0 Å². The van der Waals surface area contributed by atoms with Crippen molar-refractivity contribution in [3.05, 3.63) is 46.1 Å². The normalized spacial score (nSPS) is 13.7. The van der Waals surface area contributed by atoms with E-state index < -0.39 is 0 Å². The molecule has 28 heavy (non-hydrogen) atoms. The number of thiophene rings is 1. The molecule has 4 nitrogen and oxygen atoms in total. The molecule has 1 amide bonds. The minimum absolute atomic E-state index is 0.00116. The number of hydrogen-bond acceptors (Lipinski definition) is 5. The number of amides is 1. The zero-order valence-corrected chi connectivity index (χ0v) is 18.2. The molecular weight excluding hydrogens is 386 g/mol. The van der Waals surface area contributed by atoms with Crippen molar-refractivity contribution in [1.82, 2.24) is 9.97 Å². The van der Waals surface area contributed by atoms with Crippen LogP contribution in [-0.4, -0.2) is 21.6 Å². The SMILES string of the molecule is Cc1ccccc1NC(=O)CSc1nc(C(C)C)nc2sc3c(c12)CCCC3. The second-order valence-electron chi connectivity index (χ2n) is 7.58. The van der Waals surface area contributed by atoms with Crippen LogP contribution < -0.4 is 5.32 Å². The van der Waals surface area contributed by atoms with Gasteiger partial charge in [0.1, 0.15) is 15.7 Å². The number of aryl methyl sites for hydroxylation is 3. The third-order valence-electron chi connectivity index (χ3n) is 5.07. The molecule has 0 spiro atoms. The van der Waals surface area contributed by atoms with Gasteiger partial charge in [-0.1, -0.05) is 43.8 Å². The zero-order valence-electron chi connectivity index (χ0n) is 16.5. The molecular formula is C22H25N3OS2. The highest BCUT2D eigenvalue weighted by molar-refractivity contribution is 8.00. The first-order chi connectivity index (χ1) is 13.5. The first-order valence-electron chi connectivity index (χ1n) is 9.83. The van der Waals surface area contributed by atoms with Crippen LogP contribution in [0.4, 0.5) is 5.69 Å². The minimum atomic E-state index is 0.00116. The lowest BCUT2D eigenvalue weighted by Crippen LogP contribution is -2.15. The fraction of sp³-hybridized carbons (Fsp3) is 0.409. The lowest BCUT2D eigenvalue weighted by Gasteiger charge is -2.13. The summed E-state index contributed by atoms with van der Waals surface area (Å²) >= 11 is 3.35. The van der Waals surface area contributed by atoms with E-state index in [1.54, 1.807) is 0 Å². The molecule has 0 radical (unpaired) electrons. The Hall–Kier alpha value is -1.92. The van der Waals surface area contributed by atoms with Gasteiger partial charge in [0.05, 0.1) is 5.75 Å². The van der Waals surface area contributed by atoms with Crippen molar-refractivity contribution in [2.45, 2.75) is 57.4 Å². The van der Waals surface area contributed by atoms with Crippen molar-refractivity contribution < 1.29 is 4.79 Å². The maximum Gasteiger partial charge on any atom is 0.234 e. The van der Waals surface area contributed by atoms with E-state index in [1.807, 2.05) is 42.5 Å². The van der Waals surface area contributed by atoms with Crippen LogP contribution in [0.25, 0.3) is 10.2 Å². The number of carbonyl (C=O) groups excluding carboxylic acids is 1. The van der Waals surface area contributed by atoms with Crippen LogP contribution in [0.1, 0.15) is 54.4 Å². The smallest absolute Gasteiger partial charge is 0.234 e. The van der Waals surface area contributed by atoms with E-state index in [1.165, 1.54) is 40.4 Å². The van der Waals surface area contributed by atoms with Gasteiger partial charge in [0.15, 0.2) is 0 Å². The predicted molar refractivity (Wildman–Crippen MR) is 119 cm³/mol. The van der Waals surface area contributed by atoms with Crippen LogP contribution in [0, 0.1) is 6.92 Å². The molecule has 0 bridgehead atoms. The van der Waals surface area contributed by atoms with Gasteiger partial charge in [0.25, 0.3) is 0 Å². The van der Waals surface area contributed by atoms with Gasteiger partial charge in [-0.3, -0.25) is 4.79 Å². The fourth-order valence-electron chi connectivity index (χ4n) is 3.54. The Morgan fingerprint density at radius 1 is 1.21 bits per heavy atom. The number of nitrogens with zero attached hydrogens (tertiary/aromatic N) is 2. The highest BCUT2D eigenvalue weighted by Gasteiger charge is 2.22. The molecule has 1 aromatic carbocycles. The number of anilines is 1. The first kappa shape index (κ1) is 19.4. The summed E-state index contributed by atoms with van der Waals surface area (Å²) in [6.45, 7) is 6.24. The van der Waals surface area contributed by atoms with Gasteiger partial charge in [-0.15, -0.1) is 11.3 Å². The van der Waals surface area contributed by atoms with Crippen molar-refractivity contribution in [2.24, 2.45) is 0 Å². The molecule has 1 aliphatic carbocycles. The van der Waals surface area contributed by atoms with Gasteiger partial charge in [0.2, 0.25) is 5.91 Å². The lowest BCUT2D eigenvalue weighted by atomic mass is 9.97. The molecule has 4 rings (SSSR count). The van der Waals surface area contributed by atoms with Gasteiger partial charge in [-0.05, 0) is 49.8 Å². The molecule has 0 unspecified atom stereocenters. The standard InChI is InChI=1S/C22H25N3OS2/c1-13(2)20-24-21(19-15-9-5-7-11-17(15)28-22(19)25-20)27-12-18(26)23-16-10-6-4-8-14(16)3/h4,6,8,10,13H,5,7,9,11-12H2,1-3H3,(H,23,26). The molecule has 0 aliphatic heterocycles. The summed E-state index contributed by atoms with van der Waals surface area (Å²) in [4.78, 5) is 24.8. The van der Waals surface area contributed by atoms with Crippen LogP contribution in [0.15, 0.2) is 29.3 Å². The third-order valence-corrected chi connectivity index (χ3v) is 7.24. The maximum atomic E-state index is 12.5. The van der Waals surface area contributed by atoms with Gasteiger partial charge in [0, 0.05) is 21.9 Å². The van der Waals surface area contributed by atoms with Crippen LogP contribution >= 0.6 is 23.1 Å². The van der Waals surface area contributed by atoms with E-state index in [4.69, 9.17) is 9.97 Å². The number of benzene rings is 1. The molecule has 0 saturated carbocycles. The second kappa shape index (κ2) is 8.21. The Morgan fingerprint density at radius 3 is 2.79 bits per heavy atom. The van der Waals surface area contributed by atoms with Gasteiger partial charge in [-0.25, -0.2) is 9.97 Å². The molecule has 0 saturated heterocycles. The zero-order chi connectivity index (χ0) is 19.7. The number of carbonyl (C=O) groups is 1. The number of rotatable bonds is 5. The Bertz CT molecular complexity index is 1030. The summed E-state index contributed by atoms with van der Waals surface area (Å²) in [5.74, 6) is 1.49. The van der Waals surface area contributed by atoms with Crippen LogP contribution in [0.3, 0.4) is 0 Å². The van der Waals surface area contributed by atoms with E-state index in [2.05, 4.69) is 19.2 Å². The summed E-state index contributed by atoms with van der Waals surface area (Å²) in [5, 5.41) is 5.18. The Kier molecular flexibility index (Phi) is 5.69. The predicted octanol–water partition coefficient (Wildman–Crippen LogP) is 5.73. The highest BCUT2D eigenvalue weighted by atomic mass is 32.2. The molecule has 2 heterocycles. The van der Waals surface area contributed by atoms with Gasteiger partial charge >= 0.3 is 0 Å². The van der Waals surface area contributed by atoms with Crippen molar-refractivity contribution in [3.63, 3.8) is 0 Å². The Balaban J connectivity index is 1.61. The van der Waals surface area contributed by atoms with Crippen LogP contribution in [-0.2, 0) is 17.6 Å². The molecule has 3 aromatic rings. The average Bonchev–Trinajstić information content (AvgIpc) is 3.06. The molecule has 2 aromatic heterocycles. The summed E-state index contributed by atoms with van der Waals surface area (Å²) in [5.41, 5.74) is 3.36. The highest BCUT2D eigenvalue weighted by Crippen LogP contribution is 2.40. The van der Waals surface area contributed by atoms with E-state index in [0.717, 1.165) is 39.8 Å². The third kappa shape index (κ3) is 3.94. The van der Waals surface area contributed by atoms with E-state index in [0.29, 0.717) is 5.75 Å². The number of aromatic nitrogens is 2. The average molecular weight is 412 g/mol. The summed E-state index contributed by atoms with van der Waals surface area (Å²) in [6.07, 6.45) is 4.72. The Morgan fingerprint density at radius 2 is 2.00 bits per heavy atom. The molecule has 1 N–H and O–H groups in total. The largest absolute Gasteiger partial charge is 0.325 e. The van der Waals surface area contributed by atoms with Crippen LogP contribution in [0.5, 0.6) is 0 Å². The molecule has 1 aliphatic rings. The molecule has 0 fully saturated rings. The van der Waals surface area contributed by atoms with Gasteiger partial charge in [-0.2, -0.15) is 0 Å². The number of thioether (sulfide) groups is 1. The summed E-state index contributed by atoms with van der Waals surface area (Å²) in [7, 11) is 0. The quantitative estimate of drug-likeness (QED) is 0.430. The number of fused-ring (bicyclic) bond motifs is 3. The van der Waals surface area contributed by atoms with Crippen molar-refractivity contribution >= 4 is 44.9 Å². The maximum absolute atomic E-state index is 12.5. The number of nitrogens with one attached hydrogen (secondary N) is 1. The molecule has 6 heteroatoms. The van der Waals surface area contributed by atoms with E-state index in [9.17, 15) is 4.79 Å². The van der Waals surface area contributed by atoms with E-state index >= 15 is 0 Å². The van der Waals surface area contributed by atoms with Crippen LogP contribution in [0.2, 0.25) is 0 Å².